The van der Waals surface area contributed by atoms with E-state index in [0.717, 1.165) is 30.0 Å². The molecule has 2 N–H and O–H groups in total. The van der Waals surface area contributed by atoms with E-state index in [4.69, 9.17) is 16.3 Å². The van der Waals surface area contributed by atoms with Crippen molar-refractivity contribution in [1.29, 1.82) is 0 Å². The lowest BCUT2D eigenvalue weighted by atomic mass is 10.1. The molecular formula is C18H21ClN2O2. The number of methoxy groups -OCH3 is 1. The normalized spacial score (nSPS) is 10.4. The molecule has 122 valence electrons. The fraction of sp³-hybridized carbons (Fsp3) is 0.278. The van der Waals surface area contributed by atoms with Crippen molar-refractivity contribution in [3.05, 3.63) is 58.6 Å². The molecule has 0 spiro atoms. The molecular weight excluding hydrogens is 312 g/mol. The van der Waals surface area contributed by atoms with Gasteiger partial charge >= 0.3 is 0 Å². The Hall–Kier alpha value is -2.04. The summed E-state index contributed by atoms with van der Waals surface area (Å²) in [6, 6.07) is 13.4. The van der Waals surface area contributed by atoms with Crippen LogP contribution in [0.4, 0.5) is 5.69 Å². The van der Waals surface area contributed by atoms with Gasteiger partial charge < -0.3 is 15.4 Å². The van der Waals surface area contributed by atoms with Crippen molar-refractivity contribution in [3.8, 4) is 5.75 Å². The number of hydrogen-bond acceptors (Lipinski definition) is 3. The average Bonchev–Trinajstić information content (AvgIpc) is 2.55. The van der Waals surface area contributed by atoms with Gasteiger partial charge in [-0.1, -0.05) is 29.8 Å². The van der Waals surface area contributed by atoms with Crippen molar-refractivity contribution in [1.82, 2.24) is 5.32 Å². The highest BCUT2D eigenvalue weighted by Crippen LogP contribution is 2.19. The number of aryl methyl sites for hydroxylation is 1. The highest BCUT2D eigenvalue weighted by atomic mass is 35.5. The zero-order valence-electron chi connectivity index (χ0n) is 13.4. The lowest BCUT2D eigenvalue weighted by molar-refractivity contribution is -0.115. The third kappa shape index (κ3) is 5.58. The van der Waals surface area contributed by atoms with Gasteiger partial charge in [0.15, 0.2) is 0 Å². The molecule has 5 heteroatoms. The first kappa shape index (κ1) is 17.3. The summed E-state index contributed by atoms with van der Waals surface area (Å²) < 4.78 is 5.12. The number of halogens is 1. The van der Waals surface area contributed by atoms with E-state index in [9.17, 15) is 4.79 Å². The minimum Gasteiger partial charge on any atom is -0.497 e. The Bertz CT molecular complexity index is 657. The topological polar surface area (TPSA) is 50.4 Å². The van der Waals surface area contributed by atoms with Gasteiger partial charge in [0, 0.05) is 10.7 Å². The van der Waals surface area contributed by atoms with Crippen LogP contribution < -0.4 is 15.4 Å². The Kier molecular flexibility index (Phi) is 6.44. The van der Waals surface area contributed by atoms with Crippen molar-refractivity contribution in [2.24, 2.45) is 0 Å². The Balaban J connectivity index is 1.73. The number of rotatable bonds is 7. The summed E-state index contributed by atoms with van der Waals surface area (Å²) in [6.45, 7) is 2.93. The molecule has 4 nitrogen and oxygen atoms in total. The van der Waals surface area contributed by atoms with E-state index in [1.807, 2.05) is 37.3 Å². The van der Waals surface area contributed by atoms with Gasteiger partial charge in [-0.05, 0) is 55.3 Å². The summed E-state index contributed by atoms with van der Waals surface area (Å²) in [4.78, 5) is 11.9. The molecule has 0 unspecified atom stereocenters. The van der Waals surface area contributed by atoms with Crippen LogP contribution in [0.1, 0.15) is 11.1 Å². The molecule has 0 aliphatic heterocycles. The first-order valence-corrected chi connectivity index (χ1v) is 7.86. The zero-order chi connectivity index (χ0) is 16.7. The average molecular weight is 333 g/mol. The van der Waals surface area contributed by atoms with Crippen LogP contribution in [0.15, 0.2) is 42.5 Å². The Morgan fingerprint density at radius 3 is 2.61 bits per heavy atom. The summed E-state index contributed by atoms with van der Waals surface area (Å²) >= 11 is 5.94. The van der Waals surface area contributed by atoms with Crippen molar-refractivity contribution in [2.45, 2.75) is 13.3 Å². The van der Waals surface area contributed by atoms with E-state index in [0.29, 0.717) is 5.02 Å². The molecule has 2 aromatic rings. The van der Waals surface area contributed by atoms with Crippen LogP contribution in [0.25, 0.3) is 0 Å². The summed E-state index contributed by atoms with van der Waals surface area (Å²) in [5, 5.41) is 6.61. The number of amides is 1. The summed E-state index contributed by atoms with van der Waals surface area (Å²) in [7, 11) is 1.65. The Morgan fingerprint density at radius 2 is 1.91 bits per heavy atom. The van der Waals surface area contributed by atoms with Crippen molar-refractivity contribution >= 4 is 23.2 Å². The largest absolute Gasteiger partial charge is 0.497 e. The van der Waals surface area contributed by atoms with Gasteiger partial charge in [-0.15, -0.1) is 0 Å². The predicted molar refractivity (Wildman–Crippen MR) is 94.4 cm³/mol. The van der Waals surface area contributed by atoms with Crippen LogP contribution in [-0.2, 0) is 11.2 Å². The molecule has 0 saturated carbocycles. The lowest BCUT2D eigenvalue weighted by Gasteiger charge is -2.10. The monoisotopic (exact) mass is 332 g/mol. The smallest absolute Gasteiger partial charge is 0.238 e. The SMILES string of the molecule is COc1ccc(CCNCC(=O)Nc2cc(Cl)ccc2C)cc1. The fourth-order valence-corrected chi connectivity index (χ4v) is 2.32. The fourth-order valence-electron chi connectivity index (χ4n) is 2.15. The molecule has 2 rings (SSSR count). The van der Waals surface area contributed by atoms with Crippen LogP contribution in [0.2, 0.25) is 5.02 Å². The highest BCUT2D eigenvalue weighted by molar-refractivity contribution is 6.31. The minimum atomic E-state index is -0.0786. The van der Waals surface area contributed by atoms with Crippen LogP contribution >= 0.6 is 11.6 Å². The quantitative estimate of drug-likeness (QED) is 0.764. The second kappa shape index (κ2) is 8.56. The van der Waals surface area contributed by atoms with Gasteiger partial charge in [0.2, 0.25) is 5.91 Å². The number of carbonyl (C=O) groups excluding carboxylic acids is 1. The maximum atomic E-state index is 11.9. The summed E-state index contributed by atoms with van der Waals surface area (Å²) in [5.74, 6) is 0.767. The number of benzene rings is 2. The number of anilines is 1. The van der Waals surface area contributed by atoms with Crippen LogP contribution in [-0.4, -0.2) is 26.1 Å². The van der Waals surface area contributed by atoms with Gasteiger partial charge in [0.05, 0.1) is 13.7 Å². The van der Waals surface area contributed by atoms with E-state index in [-0.39, 0.29) is 12.5 Å². The molecule has 0 saturated heterocycles. The van der Waals surface area contributed by atoms with Gasteiger partial charge in [0.1, 0.15) is 5.75 Å². The molecule has 0 atom stereocenters. The Morgan fingerprint density at radius 1 is 1.17 bits per heavy atom. The third-order valence-corrected chi connectivity index (χ3v) is 3.74. The molecule has 0 fully saturated rings. The maximum absolute atomic E-state index is 11.9. The van der Waals surface area contributed by atoms with Crippen LogP contribution in [0, 0.1) is 6.92 Å². The van der Waals surface area contributed by atoms with E-state index < -0.39 is 0 Å². The van der Waals surface area contributed by atoms with E-state index in [1.165, 1.54) is 5.56 Å². The van der Waals surface area contributed by atoms with Crippen molar-refractivity contribution in [2.75, 3.05) is 25.5 Å². The number of carbonyl (C=O) groups is 1. The van der Waals surface area contributed by atoms with Crippen LogP contribution in [0.3, 0.4) is 0 Å². The predicted octanol–water partition coefficient (Wildman–Crippen LogP) is 3.43. The molecule has 0 radical (unpaired) electrons. The van der Waals surface area contributed by atoms with E-state index in [2.05, 4.69) is 10.6 Å². The second-order valence-corrected chi connectivity index (χ2v) is 5.72. The molecule has 0 heterocycles. The third-order valence-electron chi connectivity index (χ3n) is 3.51. The maximum Gasteiger partial charge on any atom is 0.238 e. The number of nitrogens with one attached hydrogen (secondary N) is 2. The number of hydrogen-bond donors (Lipinski definition) is 2. The molecule has 0 aliphatic carbocycles. The highest BCUT2D eigenvalue weighted by Gasteiger charge is 2.05. The zero-order valence-corrected chi connectivity index (χ0v) is 14.1. The molecule has 2 aromatic carbocycles. The minimum absolute atomic E-state index is 0.0786. The van der Waals surface area contributed by atoms with Gasteiger partial charge in [-0.2, -0.15) is 0 Å². The van der Waals surface area contributed by atoms with Gasteiger partial charge in [-0.25, -0.2) is 0 Å². The molecule has 0 aromatic heterocycles. The van der Waals surface area contributed by atoms with E-state index in [1.54, 1.807) is 19.2 Å². The van der Waals surface area contributed by atoms with Gasteiger partial charge in [-0.3, -0.25) is 4.79 Å². The molecule has 1 amide bonds. The second-order valence-electron chi connectivity index (χ2n) is 5.28. The molecule has 23 heavy (non-hydrogen) atoms. The number of ether oxygens (including phenoxy) is 1. The first-order valence-electron chi connectivity index (χ1n) is 7.48. The standard InChI is InChI=1S/C18H21ClN2O2/c1-13-3-6-15(19)11-17(13)21-18(22)12-20-10-9-14-4-7-16(23-2)8-5-14/h3-8,11,20H,9-10,12H2,1-2H3,(H,21,22). The summed E-state index contributed by atoms with van der Waals surface area (Å²) in [6.07, 6.45) is 0.855. The van der Waals surface area contributed by atoms with Crippen molar-refractivity contribution in [3.63, 3.8) is 0 Å². The Labute approximate surface area is 141 Å². The first-order chi connectivity index (χ1) is 11.1. The summed E-state index contributed by atoms with van der Waals surface area (Å²) in [5.41, 5.74) is 2.94. The molecule has 0 bridgehead atoms. The van der Waals surface area contributed by atoms with Crippen LogP contribution in [0.5, 0.6) is 5.75 Å². The van der Waals surface area contributed by atoms with Crippen molar-refractivity contribution < 1.29 is 9.53 Å². The lowest BCUT2D eigenvalue weighted by Crippen LogP contribution is -2.29. The van der Waals surface area contributed by atoms with E-state index >= 15 is 0 Å². The van der Waals surface area contributed by atoms with Gasteiger partial charge in [0.25, 0.3) is 0 Å². The molecule has 0 aliphatic rings.